The quantitative estimate of drug-likeness (QED) is 0.836. The van der Waals surface area contributed by atoms with Gasteiger partial charge in [-0.1, -0.05) is 0 Å². The number of carbonyl (C=O) groups is 2. The van der Waals surface area contributed by atoms with Crippen molar-refractivity contribution in [2.45, 2.75) is 24.8 Å². The lowest BCUT2D eigenvalue weighted by Gasteiger charge is -2.09. The molecule has 0 aliphatic heterocycles. The molecule has 0 radical (unpaired) electrons. The van der Waals surface area contributed by atoms with Gasteiger partial charge in [-0.3, -0.25) is 10.1 Å². The molecule has 0 atom stereocenters. The summed E-state index contributed by atoms with van der Waals surface area (Å²) in [5.41, 5.74) is 0. The van der Waals surface area contributed by atoms with Gasteiger partial charge in [0.1, 0.15) is 0 Å². The molecular formula is C12H14F2N2O2S. The van der Waals surface area contributed by atoms with E-state index in [1.54, 1.807) is 13.8 Å². The molecule has 0 aromatic heterocycles. The van der Waals surface area contributed by atoms with Crippen LogP contribution in [0.15, 0.2) is 23.1 Å². The molecule has 1 rings (SSSR count). The first-order chi connectivity index (χ1) is 8.88. The average Bonchev–Trinajstić information content (AvgIpc) is 2.29. The van der Waals surface area contributed by atoms with Crippen molar-refractivity contribution in [3.63, 3.8) is 0 Å². The average molecular weight is 288 g/mol. The van der Waals surface area contributed by atoms with Crippen LogP contribution in [0.3, 0.4) is 0 Å². The Bertz CT molecular complexity index is 481. The van der Waals surface area contributed by atoms with Crippen LogP contribution >= 0.6 is 11.8 Å². The highest BCUT2D eigenvalue weighted by atomic mass is 32.2. The minimum Gasteiger partial charge on any atom is -0.336 e. The van der Waals surface area contributed by atoms with Crippen molar-refractivity contribution in [3.8, 4) is 0 Å². The lowest BCUT2D eigenvalue weighted by molar-refractivity contribution is -0.117. The van der Waals surface area contributed by atoms with Crippen LogP contribution in [-0.2, 0) is 4.79 Å². The molecule has 0 saturated heterocycles. The summed E-state index contributed by atoms with van der Waals surface area (Å²) in [6.45, 7) is 3.53. The van der Waals surface area contributed by atoms with Gasteiger partial charge in [-0.05, 0) is 32.0 Å². The number of thioether (sulfide) groups is 1. The largest absolute Gasteiger partial charge is 0.336 e. The minimum absolute atomic E-state index is 0.0589. The van der Waals surface area contributed by atoms with Crippen LogP contribution < -0.4 is 10.6 Å². The molecule has 104 valence electrons. The molecule has 1 aromatic carbocycles. The van der Waals surface area contributed by atoms with Crippen LogP contribution in [0.2, 0.25) is 0 Å². The third kappa shape index (κ3) is 5.69. The normalized spacial score (nSPS) is 10.4. The highest BCUT2D eigenvalue weighted by molar-refractivity contribution is 8.00. The molecular weight excluding hydrogens is 274 g/mol. The second-order valence-corrected chi connectivity index (χ2v) is 5.09. The number of hydrogen-bond acceptors (Lipinski definition) is 3. The van der Waals surface area contributed by atoms with Gasteiger partial charge < -0.3 is 5.32 Å². The summed E-state index contributed by atoms with van der Waals surface area (Å²) < 4.78 is 25.6. The zero-order valence-electron chi connectivity index (χ0n) is 10.5. The SMILES string of the molecule is CC(C)NC(=O)NC(=O)CSc1ccc(F)c(F)c1. The van der Waals surface area contributed by atoms with Crippen LogP contribution in [0, 0.1) is 11.6 Å². The topological polar surface area (TPSA) is 58.2 Å². The van der Waals surface area contributed by atoms with Crippen molar-refractivity contribution in [1.29, 1.82) is 0 Å². The van der Waals surface area contributed by atoms with Gasteiger partial charge >= 0.3 is 6.03 Å². The number of benzene rings is 1. The summed E-state index contributed by atoms with van der Waals surface area (Å²) in [6, 6.07) is 2.70. The Morgan fingerprint density at radius 1 is 1.26 bits per heavy atom. The summed E-state index contributed by atoms with van der Waals surface area (Å²) in [7, 11) is 0. The zero-order chi connectivity index (χ0) is 14.4. The third-order valence-electron chi connectivity index (χ3n) is 1.93. The molecule has 0 spiro atoms. The fourth-order valence-corrected chi connectivity index (χ4v) is 1.90. The molecule has 4 nitrogen and oxygen atoms in total. The van der Waals surface area contributed by atoms with E-state index in [0.29, 0.717) is 4.90 Å². The Morgan fingerprint density at radius 2 is 1.95 bits per heavy atom. The van der Waals surface area contributed by atoms with Crippen LogP contribution in [0.1, 0.15) is 13.8 Å². The van der Waals surface area contributed by atoms with Gasteiger partial charge in [0.2, 0.25) is 5.91 Å². The Labute approximate surface area is 113 Å². The Kier molecular flexibility index (Phi) is 5.75. The molecule has 0 fully saturated rings. The van der Waals surface area contributed by atoms with Crippen LogP contribution in [0.5, 0.6) is 0 Å². The van der Waals surface area contributed by atoms with Gasteiger partial charge in [0.15, 0.2) is 11.6 Å². The highest BCUT2D eigenvalue weighted by Gasteiger charge is 2.10. The number of amides is 3. The maximum Gasteiger partial charge on any atom is 0.321 e. The maximum atomic E-state index is 12.9. The number of rotatable bonds is 4. The zero-order valence-corrected chi connectivity index (χ0v) is 11.3. The minimum atomic E-state index is -0.969. The van der Waals surface area contributed by atoms with Gasteiger partial charge in [-0.25, -0.2) is 13.6 Å². The van der Waals surface area contributed by atoms with E-state index in [-0.39, 0.29) is 11.8 Å². The van der Waals surface area contributed by atoms with E-state index in [0.717, 1.165) is 23.9 Å². The van der Waals surface area contributed by atoms with Crippen molar-refractivity contribution >= 4 is 23.7 Å². The van der Waals surface area contributed by atoms with Gasteiger partial charge in [-0.15, -0.1) is 11.8 Å². The van der Waals surface area contributed by atoms with E-state index < -0.39 is 23.6 Å². The summed E-state index contributed by atoms with van der Waals surface area (Å²) in [5, 5.41) is 4.63. The fourth-order valence-electron chi connectivity index (χ4n) is 1.18. The van der Waals surface area contributed by atoms with Crippen molar-refractivity contribution in [2.24, 2.45) is 0 Å². The first kappa shape index (κ1) is 15.4. The Hall–Kier alpha value is -1.63. The summed E-state index contributed by atoms with van der Waals surface area (Å²) in [5.74, 6) is -2.47. The lowest BCUT2D eigenvalue weighted by atomic mass is 10.3. The number of nitrogens with one attached hydrogen (secondary N) is 2. The molecule has 0 aliphatic rings. The van der Waals surface area contributed by atoms with E-state index >= 15 is 0 Å². The molecule has 3 amide bonds. The maximum absolute atomic E-state index is 12.9. The second-order valence-electron chi connectivity index (χ2n) is 4.04. The second kappa shape index (κ2) is 7.08. The molecule has 0 bridgehead atoms. The lowest BCUT2D eigenvalue weighted by Crippen LogP contribution is -2.43. The van der Waals surface area contributed by atoms with Gasteiger partial charge in [0, 0.05) is 10.9 Å². The molecule has 0 aliphatic carbocycles. The molecule has 0 saturated carbocycles. The summed E-state index contributed by atoms with van der Waals surface area (Å²) in [6.07, 6.45) is 0. The number of halogens is 2. The monoisotopic (exact) mass is 288 g/mol. The molecule has 19 heavy (non-hydrogen) atoms. The first-order valence-electron chi connectivity index (χ1n) is 5.56. The van der Waals surface area contributed by atoms with Crippen LogP contribution in [0.4, 0.5) is 13.6 Å². The first-order valence-corrected chi connectivity index (χ1v) is 6.55. The number of imide groups is 1. The standard InChI is InChI=1S/C12H14F2N2O2S/c1-7(2)15-12(18)16-11(17)6-19-8-3-4-9(13)10(14)5-8/h3-5,7H,6H2,1-2H3,(H2,15,16,17,18). The number of carbonyl (C=O) groups excluding carboxylic acids is 2. The molecule has 0 unspecified atom stereocenters. The van der Waals surface area contributed by atoms with Gasteiger partial charge in [0.25, 0.3) is 0 Å². The molecule has 0 heterocycles. The van der Waals surface area contributed by atoms with Crippen molar-refractivity contribution < 1.29 is 18.4 Å². The van der Waals surface area contributed by atoms with E-state index in [4.69, 9.17) is 0 Å². The Morgan fingerprint density at radius 3 is 2.53 bits per heavy atom. The number of hydrogen-bond donors (Lipinski definition) is 2. The van der Waals surface area contributed by atoms with E-state index in [9.17, 15) is 18.4 Å². The van der Waals surface area contributed by atoms with Crippen molar-refractivity contribution in [1.82, 2.24) is 10.6 Å². The Balaban J connectivity index is 2.41. The van der Waals surface area contributed by atoms with Gasteiger partial charge in [0.05, 0.1) is 5.75 Å². The van der Waals surface area contributed by atoms with Crippen molar-refractivity contribution in [2.75, 3.05) is 5.75 Å². The highest BCUT2D eigenvalue weighted by Crippen LogP contribution is 2.19. The predicted molar refractivity (Wildman–Crippen MR) is 68.9 cm³/mol. The molecule has 1 aromatic rings. The summed E-state index contributed by atoms with van der Waals surface area (Å²) >= 11 is 1.01. The van der Waals surface area contributed by atoms with E-state index in [1.807, 2.05) is 0 Å². The van der Waals surface area contributed by atoms with Crippen LogP contribution in [0.25, 0.3) is 0 Å². The van der Waals surface area contributed by atoms with Gasteiger partial charge in [-0.2, -0.15) is 0 Å². The smallest absolute Gasteiger partial charge is 0.321 e. The molecule has 2 N–H and O–H groups in total. The van der Waals surface area contributed by atoms with E-state index in [1.165, 1.54) is 6.07 Å². The summed E-state index contributed by atoms with van der Waals surface area (Å²) in [4.78, 5) is 23.0. The van der Waals surface area contributed by atoms with Crippen molar-refractivity contribution in [3.05, 3.63) is 29.8 Å². The third-order valence-corrected chi connectivity index (χ3v) is 2.93. The van der Waals surface area contributed by atoms with Crippen LogP contribution in [-0.4, -0.2) is 23.7 Å². The van der Waals surface area contributed by atoms with E-state index in [2.05, 4.69) is 10.6 Å². The molecule has 7 heteroatoms. The number of urea groups is 1. The predicted octanol–water partition coefficient (Wildman–Crippen LogP) is 2.29. The fraction of sp³-hybridized carbons (Fsp3) is 0.333.